The zero-order chi connectivity index (χ0) is 8.39. The minimum absolute atomic E-state index is 0. The molecule has 92 valence electrons. The Morgan fingerprint density at radius 1 is 0.882 bits per heavy atom. The summed E-state index contributed by atoms with van der Waals surface area (Å²) in [7, 11) is 0. The molecule has 0 atom stereocenters. The van der Waals surface area contributed by atoms with Crippen molar-refractivity contribution in [3.05, 3.63) is 41.2 Å². The molecule has 0 aromatic heterocycles. The molecule has 2 heterocycles. The summed E-state index contributed by atoms with van der Waals surface area (Å²) in [6, 6.07) is 0. The maximum Gasteiger partial charge on any atom is 1.00 e. The first-order valence-electron chi connectivity index (χ1n) is 3.24. The van der Waals surface area contributed by atoms with Crippen LogP contribution in [0.5, 0.6) is 0 Å². The minimum atomic E-state index is 0. The van der Waals surface area contributed by atoms with Gasteiger partial charge in [-0.2, -0.15) is 0 Å². The van der Waals surface area contributed by atoms with Crippen molar-refractivity contribution < 1.29 is 51.5 Å². The predicted molar refractivity (Wildman–Crippen MR) is 54.7 cm³/mol. The van der Waals surface area contributed by atoms with Crippen LogP contribution in [-0.2, 0) is 0 Å². The molecule has 0 amide bonds. The summed E-state index contributed by atoms with van der Waals surface area (Å²) in [5.41, 5.74) is 0.729. The number of hydrogen-bond acceptors (Lipinski definition) is 6. The standard InChI is InChI=1S/C6H4N5O.Na.4H2O/c12-11-3-1-5(2-4-11)6-7-9-10-8-6;;;;;/h1-4H;;4*1H2/q-1;+1;;;;. The van der Waals surface area contributed by atoms with Crippen LogP contribution in [0.25, 0.3) is 0 Å². The quantitative estimate of drug-likeness (QED) is 0.394. The van der Waals surface area contributed by atoms with Gasteiger partial charge in [0.2, 0.25) is 5.82 Å². The van der Waals surface area contributed by atoms with Crippen molar-refractivity contribution in [1.82, 2.24) is 5.06 Å². The van der Waals surface area contributed by atoms with Gasteiger partial charge >= 0.3 is 29.6 Å². The maximum atomic E-state index is 10.6. The minimum Gasteiger partial charge on any atom is -0.755 e. The summed E-state index contributed by atoms with van der Waals surface area (Å²) in [5, 5.41) is 25.2. The molecule has 2 aliphatic rings. The fourth-order valence-corrected chi connectivity index (χ4v) is 0.822. The van der Waals surface area contributed by atoms with Crippen LogP contribution in [0, 0.1) is 5.21 Å². The van der Waals surface area contributed by atoms with E-state index in [0.717, 1.165) is 5.57 Å². The van der Waals surface area contributed by atoms with Crippen LogP contribution in [0.15, 0.2) is 56.6 Å². The Morgan fingerprint density at radius 3 is 1.71 bits per heavy atom. The van der Waals surface area contributed by atoms with Gasteiger partial charge in [-0.15, -0.1) is 10.2 Å². The molecule has 0 aliphatic carbocycles. The first kappa shape index (κ1) is 25.0. The van der Waals surface area contributed by atoms with Gasteiger partial charge in [-0.25, -0.2) is 0 Å². The van der Waals surface area contributed by atoms with E-state index in [4.69, 9.17) is 0 Å². The molecule has 0 spiro atoms. The maximum absolute atomic E-state index is 10.6. The molecule has 0 bridgehead atoms. The molecule has 0 saturated carbocycles. The number of hydroxylamine groups is 2. The third-order valence-corrected chi connectivity index (χ3v) is 1.38. The predicted octanol–water partition coefficient (Wildman–Crippen LogP) is -4.42. The van der Waals surface area contributed by atoms with Gasteiger partial charge in [0.1, 0.15) is 0 Å². The Balaban J connectivity index is -0.000000169. The Kier molecular flexibility index (Phi) is 16.9. The van der Waals surface area contributed by atoms with Crippen LogP contribution in [0.4, 0.5) is 0 Å². The monoisotopic (exact) mass is 257 g/mol. The van der Waals surface area contributed by atoms with Crippen LogP contribution in [0.3, 0.4) is 0 Å². The molecule has 0 unspecified atom stereocenters. The van der Waals surface area contributed by atoms with E-state index in [1.54, 1.807) is 12.2 Å². The van der Waals surface area contributed by atoms with E-state index in [-0.39, 0.29) is 51.5 Å². The smallest absolute Gasteiger partial charge is 0.755 e. The van der Waals surface area contributed by atoms with E-state index >= 15 is 0 Å². The zero-order valence-electron chi connectivity index (χ0n) is 8.95. The molecular weight excluding hydrogens is 245 g/mol. The summed E-state index contributed by atoms with van der Waals surface area (Å²) in [6.45, 7) is 0. The van der Waals surface area contributed by atoms with Crippen LogP contribution < -0.4 is 29.6 Å². The van der Waals surface area contributed by atoms with Gasteiger partial charge in [0.15, 0.2) is 0 Å². The summed E-state index contributed by atoms with van der Waals surface area (Å²) < 4.78 is 0. The first-order chi connectivity index (χ1) is 5.86. The molecule has 0 aromatic carbocycles. The molecule has 10 nitrogen and oxygen atoms in total. The Hall–Kier alpha value is -0.980. The van der Waals surface area contributed by atoms with E-state index in [9.17, 15) is 5.21 Å². The fourth-order valence-electron chi connectivity index (χ4n) is 0.822. The van der Waals surface area contributed by atoms with E-state index in [0.29, 0.717) is 10.9 Å². The van der Waals surface area contributed by atoms with E-state index < -0.39 is 0 Å². The normalized spacial score (nSPS) is 14.1. The van der Waals surface area contributed by atoms with Crippen molar-refractivity contribution in [3.63, 3.8) is 0 Å². The second-order valence-corrected chi connectivity index (χ2v) is 2.15. The summed E-state index contributed by atoms with van der Waals surface area (Å²) in [4.78, 5) is 0. The van der Waals surface area contributed by atoms with Crippen LogP contribution in [-0.4, -0.2) is 27.0 Å². The zero-order valence-corrected chi connectivity index (χ0v) is 11.0. The number of rotatable bonds is 0. The van der Waals surface area contributed by atoms with Gasteiger partial charge in [0.05, 0.1) is 0 Å². The summed E-state index contributed by atoms with van der Waals surface area (Å²) >= 11 is 0. The molecule has 0 radical (unpaired) electrons. The van der Waals surface area contributed by atoms with Crippen molar-refractivity contribution in [2.24, 2.45) is 20.7 Å². The number of hydrogen-bond donors (Lipinski definition) is 0. The molecule has 2 aliphatic heterocycles. The summed E-state index contributed by atoms with van der Waals surface area (Å²) in [5.74, 6) is 0.426. The van der Waals surface area contributed by atoms with Gasteiger partial charge in [-0.3, -0.25) is 0 Å². The van der Waals surface area contributed by atoms with Crippen molar-refractivity contribution in [2.75, 3.05) is 0 Å². The topological polar surface area (TPSA) is 202 Å². The van der Waals surface area contributed by atoms with Gasteiger partial charge in [0, 0.05) is 5.57 Å². The molecule has 17 heavy (non-hydrogen) atoms. The molecule has 0 fully saturated rings. The average molecular weight is 257 g/mol. The molecule has 11 heteroatoms. The Bertz CT molecular complexity index is 323. The molecule has 0 aromatic rings. The third-order valence-electron chi connectivity index (χ3n) is 1.38. The molecule has 2 rings (SSSR count). The van der Waals surface area contributed by atoms with Crippen molar-refractivity contribution in [1.29, 1.82) is 0 Å². The number of nitrogens with zero attached hydrogens (tertiary/aromatic N) is 5. The van der Waals surface area contributed by atoms with Crippen molar-refractivity contribution in [2.45, 2.75) is 0 Å². The summed E-state index contributed by atoms with van der Waals surface area (Å²) in [6.07, 6.45) is 5.94. The average Bonchev–Trinajstić information content (AvgIpc) is 2.58. The Labute approximate surface area is 118 Å². The molecule has 0 saturated heterocycles. The first-order valence-corrected chi connectivity index (χ1v) is 3.24. The van der Waals surface area contributed by atoms with Crippen LogP contribution in [0.2, 0.25) is 0 Å². The van der Waals surface area contributed by atoms with Gasteiger partial charge in [0.25, 0.3) is 0 Å². The van der Waals surface area contributed by atoms with Crippen LogP contribution in [0.1, 0.15) is 0 Å². The second-order valence-electron chi connectivity index (χ2n) is 2.15. The van der Waals surface area contributed by atoms with Crippen molar-refractivity contribution in [3.8, 4) is 0 Å². The van der Waals surface area contributed by atoms with E-state index in [1.165, 1.54) is 12.4 Å². The van der Waals surface area contributed by atoms with Crippen LogP contribution >= 0.6 is 0 Å². The second kappa shape index (κ2) is 11.5. The van der Waals surface area contributed by atoms with Crippen molar-refractivity contribution >= 4 is 0 Å². The van der Waals surface area contributed by atoms with E-state index in [1.807, 2.05) is 0 Å². The third kappa shape index (κ3) is 6.35. The van der Waals surface area contributed by atoms with Gasteiger partial charge in [-0.1, -0.05) is 0 Å². The Morgan fingerprint density at radius 2 is 1.29 bits per heavy atom. The van der Waals surface area contributed by atoms with E-state index in [2.05, 4.69) is 20.7 Å². The van der Waals surface area contributed by atoms with Gasteiger partial charge < -0.3 is 32.2 Å². The fraction of sp³-hybridized carbons (Fsp3) is 0. The van der Waals surface area contributed by atoms with Gasteiger partial charge in [-0.05, 0) is 35.0 Å². The SMILES string of the molecule is O.O.O.O.[Na+].[O-]N1C=CC(=C2N=NN=N2)C=C1. The largest absolute Gasteiger partial charge is 1.00 e. The molecular formula is C6H12N5NaO5. The molecule has 8 N–H and O–H groups in total. The number of allylic oxidation sites excluding steroid dienone is 3.